The van der Waals surface area contributed by atoms with E-state index in [0.717, 1.165) is 74.9 Å². The standard InChI is InChI=1S/C44H46ClN7O7/c45-37-20-34(7-3-29(37)21-46)59-40-30-23-51(24-31(40)26-58-25-30)42(55)28-1-4-32(5-2-28)50-17-15-48(16-18-50)22-27-11-13-49(14-12-27)33-6-8-35-36(19-33)44(57)52(43(35)56)38-9-10-39(53)47-41(38)54/h1-8,19-20,27,30-31,38,40H,9-18,22-26H2,(H,47,53,54). The fourth-order valence-corrected chi connectivity index (χ4v) is 9.87. The van der Waals surface area contributed by atoms with Gasteiger partial charge in [-0.15, -0.1) is 0 Å². The third kappa shape index (κ3) is 7.75. The molecule has 6 aliphatic heterocycles. The predicted octanol–water partition coefficient (Wildman–Crippen LogP) is 3.82. The molecule has 306 valence electrons. The molecule has 0 radical (unpaired) electrons. The van der Waals surface area contributed by atoms with Crippen LogP contribution >= 0.6 is 11.6 Å². The lowest BCUT2D eigenvalue weighted by atomic mass is 9.84. The minimum absolute atomic E-state index is 0.0142. The van der Waals surface area contributed by atoms with Crippen molar-refractivity contribution in [2.75, 3.05) is 81.9 Å². The lowest BCUT2D eigenvalue weighted by Gasteiger charge is -2.46. The molecule has 14 nitrogen and oxygen atoms in total. The predicted molar refractivity (Wildman–Crippen MR) is 217 cm³/mol. The zero-order chi connectivity index (χ0) is 40.8. The van der Waals surface area contributed by atoms with Crippen LogP contribution < -0.4 is 19.9 Å². The van der Waals surface area contributed by atoms with E-state index in [-0.39, 0.29) is 36.7 Å². The van der Waals surface area contributed by atoms with Crippen molar-refractivity contribution in [1.29, 1.82) is 5.26 Å². The number of amides is 5. The van der Waals surface area contributed by atoms with Crippen molar-refractivity contribution in [3.05, 3.63) is 87.9 Å². The van der Waals surface area contributed by atoms with E-state index in [4.69, 9.17) is 21.1 Å². The van der Waals surface area contributed by atoms with Gasteiger partial charge in [0.2, 0.25) is 11.8 Å². The molecule has 5 saturated heterocycles. The molecule has 6 heterocycles. The molecule has 59 heavy (non-hydrogen) atoms. The molecule has 15 heteroatoms. The Kier molecular flexibility index (Phi) is 10.8. The van der Waals surface area contributed by atoms with Gasteiger partial charge in [-0.1, -0.05) is 11.6 Å². The number of halogens is 1. The molecule has 3 aromatic carbocycles. The third-order valence-corrected chi connectivity index (χ3v) is 13.2. The van der Waals surface area contributed by atoms with Gasteiger partial charge in [-0.3, -0.25) is 39.1 Å². The van der Waals surface area contributed by atoms with Gasteiger partial charge in [-0.05, 0) is 79.8 Å². The summed E-state index contributed by atoms with van der Waals surface area (Å²) in [5, 5.41) is 11.8. The number of anilines is 2. The van der Waals surface area contributed by atoms with Crippen LogP contribution in [0.1, 0.15) is 62.3 Å². The van der Waals surface area contributed by atoms with Crippen LogP contribution in [0, 0.1) is 29.1 Å². The zero-order valence-electron chi connectivity index (χ0n) is 32.7. The van der Waals surface area contributed by atoms with Gasteiger partial charge >= 0.3 is 0 Å². The molecule has 5 amide bonds. The highest BCUT2D eigenvalue weighted by molar-refractivity contribution is 6.31. The maximum Gasteiger partial charge on any atom is 0.262 e. The first kappa shape index (κ1) is 39.0. The second kappa shape index (κ2) is 16.3. The zero-order valence-corrected chi connectivity index (χ0v) is 33.4. The number of fused-ring (bicyclic) bond motifs is 3. The summed E-state index contributed by atoms with van der Waals surface area (Å²) in [6, 6.07) is 19.6. The first-order valence-corrected chi connectivity index (χ1v) is 20.9. The van der Waals surface area contributed by atoms with Crippen molar-refractivity contribution in [1.82, 2.24) is 20.0 Å². The number of nitriles is 1. The summed E-state index contributed by atoms with van der Waals surface area (Å²) in [6.07, 6.45) is 2.17. The molecule has 2 bridgehead atoms. The number of hydrogen-bond acceptors (Lipinski definition) is 11. The number of nitrogens with one attached hydrogen (secondary N) is 1. The number of carbonyl (C=O) groups is 5. The SMILES string of the molecule is N#Cc1ccc(OC2C3COCC2CN(C(=O)c2ccc(N4CCN(CC5CCN(c6ccc7c(c6)C(=O)N(C6CCC(=O)NC6=O)C7=O)CC5)CC4)cc2)C3)cc1Cl. The number of likely N-dealkylation sites (tertiary alicyclic amines) is 1. The summed E-state index contributed by atoms with van der Waals surface area (Å²) in [5.41, 5.74) is 3.70. The highest BCUT2D eigenvalue weighted by Gasteiger charge is 2.46. The Labute approximate surface area is 347 Å². The van der Waals surface area contributed by atoms with Crippen LogP contribution in [0.5, 0.6) is 5.75 Å². The summed E-state index contributed by atoms with van der Waals surface area (Å²) in [4.78, 5) is 74.4. The lowest BCUT2D eigenvalue weighted by Crippen LogP contribution is -2.58. The summed E-state index contributed by atoms with van der Waals surface area (Å²) in [6.45, 7) is 8.57. The fraction of sp³-hybridized carbons (Fsp3) is 0.455. The van der Waals surface area contributed by atoms with E-state index in [1.165, 1.54) is 0 Å². The molecule has 6 aliphatic rings. The number of carbonyl (C=O) groups excluding carboxylic acids is 5. The van der Waals surface area contributed by atoms with E-state index in [2.05, 4.69) is 38.2 Å². The number of rotatable bonds is 8. The van der Waals surface area contributed by atoms with Gasteiger partial charge in [0.1, 0.15) is 24.0 Å². The average molecular weight is 820 g/mol. The van der Waals surface area contributed by atoms with Crippen LogP contribution in [0.25, 0.3) is 0 Å². The maximum absolute atomic E-state index is 13.7. The number of piperidine rings is 3. The Morgan fingerprint density at radius 1 is 0.814 bits per heavy atom. The number of imide groups is 2. The number of nitrogens with zero attached hydrogens (tertiary/aromatic N) is 6. The van der Waals surface area contributed by atoms with Gasteiger partial charge in [0.15, 0.2) is 0 Å². The minimum atomic E-state index is -0.972. The molecule has 0 spiro atoms. The van der Waals surface area contributed by atoms with Gasteiger partial charge in [0.05, 0.1) is 34.9 Å². The largest absolute Gasteiger partial charge is 0.489 e. The molecular formula is C44H46ClN7O7. The summed E-state index contributed by atoms with van der Waals surface area (Å²) < 4.78 is 12.2. The van der Waals surface area contributed by atoms with Crippen molar-refractivity contribution >= 4 is 52.5 Å². The van der Waals surface area contributed by atoms with Crippen LogP contribution in [0.3, 0.4) is 0 Å². The maximum atomic E-state index is 13.7. The molecule has 3 aromatic rings. The lowest BCUT2D eigenvalue weighted by molar-refractivity contribution is -0.136. The van der Waals surface area contributed by atoms with E-state index in [1.807, 2.05) is 23.1 Å². The Morgan fingerprint density at radius 2 is 1.49 bits per heavy atom. The van der Waals surface area contributed by atoms with Gasteiger partial charge in [0, 0.05) is 100 Å². The monoisotopic (exact) mass is 819 g/mol. The Balaban J connectivity index is 0.732. The summed E-state index contributed by atoms with van der Waals surface area (Å²) in [5.74, 6) is -0.733. The Bertz CT molecular complexity index is 2200. The molecule has 0 saturated carbocycles. The molecule has 3 atom stereocenters. The molecule has 5 fully saturated rings. The average Bonchev–Trinajstić information content (AvgIpc) is 3.49. The van der Waals surface area contributed by atoms with Gasteiger partial charge in [0.25, 0.3) is 17.7 Å². The van der Waals surface area contributed by atoms with Crippen LogP contribution in [-0.4, -0.2) is 128 Å². The first-order valence-electron chi connectivity index (χ1n) is 20.5. The van der Waals surface area contributed by atoms with E-state index in [9.17, 15) is 29.2 Å². The third-order valence-electron chi connectivity index (χ3n) is 12.9. The minimum Gasteiger partial charge on any atom is -0.489 e. The fourth-order valence-electron chi connectivity index (χ4n) is 9.66. The summed E-state index contributed by atoms with van der Waals surface area (Å²) in [7, 11) is 0. The molecule has 1 N–H and O–H groups in total. The van der Waals surface area contributed by atoms with E-state index < -0.39 is 29.7 Å². The van der Waals surface area contributed by atoms with Crippen LogP contribution in [0.15, 0.2) is 60.7 Å². The number of benzene rings is 3. The van der Waals surface area contributed by atoms with Gasteiger partial charge in [-0.25, -0.2) is 0 Å². The highest BCUT2D eigenvalue weighted by Crippen LogP contribution is 2.35. The highest BCUT2D eigenvalue weighted by atomic mass is 35.5. The smallest absolute Gasteiger partial charge is 0.262 e. The quantitative estimate of drug-likeness (QED) is 0.330. The molecule has 0 aliphatic carbocycles. The molecule has 3 unspecified atom stereocenters. The van der Waals surface area contributed by atoms with Crippen molar-refractivity contribution in [2.24, 2.45) is 17.8 Å². The van der Waals surface area contributed by atoms with Gasteiger partial charge in [-0.2, -0.15) is 5.26 Å². The van der Waals surface area contributed by atoms with Gasteiger partial charge < -0.3 is 24.2 Å². The number of ether oxygens (including phenoxy) is 2. The Hall–Kier alpha value is -5.49. The first-order chi connectivity index (χ1) is 28.6. The van der Waals surface area contributed by atoms with Crippen molar-refractivity contribution in [2.45, 2.75) is 37.8 Å². The van der Waals surface area contributed by atoms with Crippen LogP contribution in [0.2, 0.25) is 5.02 Å². The second-order valence-electron chi connectivity index (χ2n) is 16.5. The summed E-state index contributed by atoms with van der Waals surface area (Å²) >= 11 is 6.25. The number of hydrogen-bond donors (Lipinski definition) is 1. The van der Waals surface area contributed by atoms with E-state index in [0.29, 0.717) is 65.2 Å². The Morgan fingerprint density at radius 3 is 2.17 bits per heavy atom. The molecule has 0 aromatic heterocycles. The normalized spacial score (nSPS) is 25.2. The molecular weight excluding hydrogens is 774 g/mol. The van der Waals surface area contributed by atoms with Crippen molar-refractivity contribution in [3.8, 4) is 11.8 Å². The van der Waals surface area contributed by atoms with E-state index in [1.54, 1.807) is 30.3 Å². The molecule has 9 rings (SSSR count). The van der Waals surface area contributed by atoms with Crippen molar-refractivity contribution in [3.63, 3.8) is 0 Å². The van der Waals surface area contributed by atoms with Crippen molar-refractivity contribution < 1.29 is 33.4 Å². The topological polar surface area (TPSA) is 156 Å². The van der Waals surface area contributed by atoms with Crippen LogP contribution in [0.4, 0.5) is 11.4 Å². The second-order valence-corrected chi connectivity index (χ2v) is 17.0. The van der Waals surface area contributed by atoms with E-state index >= 15 is 0 Å². The van der Waals surface area contributed by atoms with Crippen LogP contribution in [-0.2, 0) is 14.3 Å². The number of piperazine rings is 1.